The molecule has 142 valence electrons. The highest BCUT2D eigenvalue weighted by Gasteiger charge is 2.04. The highest BCUT2D eigenvalue weighted by Crippen LogP contribution is 2.19. The first-order valence-electron chi connectivity index (χ1n) is 8.27. The summed E-state index contributed by atoms with van der Waals surface area (Å²) in [5, 5.41) is 5.75. The minimum Gasteiger partial charge on any atom is -0.496 e. The molecule has 0 spiro atoms. The molecule has 0 radical (unpaired) electrons. The van der Waals surface area contributed by atoms with Crippen LogP contribution in [0.1, 0.15) is 5.56 Å². The standard InChI is InChI=1S/C20H22N2O4S/c1-24-12-13-26-17-8-5-7-16(14-17)21-20(27)22-19(23)11-10-15-6-3-4-9-18(15)25-2/h3-11,14H,12-13H2,1-2H3,(H2,21,22,23,27)/b11-10+. The van der Waals surface area contributed by atoms with Crippen LogP contribution >= 0.6 is 12.2 Å². The van der Waals surface area contributed by atoms with Crippen molar-refractivity contribution in [3.8, 4) is 11.5 Å². The van der Waals surface area contributed by atoms with E-state index in [4.69, 9.17) is 26.4 Å². The molecular weight excluding hydrogens is 364 g/mol. The minimum atomic E-state index is -0.342. The molecule has 0 saturated heterocycles. The lowest BCUT2D eigenvalue weighted by molar-refractivity contribution is -0.115. The second-order valence-electron chi connectivity index (χ2n) is 5.39. The van der Waals surface area contributed by atoms with Crippen molar-refractivity contribution in [2.45, 2.75) is 0 Å². The van der Waals surface area contributed by atoms with E-state index < -0.39 is 0 Å². The van der Waals surface area contributed by atoms with Crippen LogP contribution in [0.4, 0.5) is 5.69 Å². The van der Waals surface area contributed by atoms with Crippen LogP contribution in [0.25, 0.3) is 6.08 Å². The average molecular weight is 386 g/mol. The van der Waals surface area contributed by atoms with E-state index >= 15 is 0 Å². The van der Waals surface area contributed by atoms with Crippen LogP contribution in [0.15, 0.2) is 54.6 Å². The lowest BCUT2D eigenvalue weighted by Crippen LogP contribution is -2.32. The van der Waals surface area contributed by atoms with Crippen LogP contribution in [0.5, 0.6) is 11.5 Å². The SMILES string of the molecule is COCCOc1cccc(NC(=S)NC(=O)/C=C/c2ccccc2OC)c1. The molecular formula is C20H22N2O4S. The monoisotopic (exact) mass is 386 g/mol. The van der Waals surface area contributed by atoms with Gasteiger partial charge in [-0.15, -0.1) is 0 Å². The van der Waals surface area contributed by atoms with Gasteiger partial charge < -0.3 is 19.5 Å². The smallest absolute Gasteiger partial charge is 0.250 e. The van der Waals surface area contributed by atoms with E-state index in [-0.39, 0.29) is 11.0 Å². The van der Waals surface area contributed by atoms with Gasteiger partial charge in [0.05, 0.1) is 13.7 Å². The van der Waals surface area contributed by atoms with Crippen molar-refractivity contribution in [2.75, 3.05) is 32.8 Å². The van der Waals surface area contributed by atoms with Crippen molar-refractivity contribution in [3.63, 3.8) is 0 Å². The maximum atomic E-state index is 12.1. The molecule has 2 N–H and O–H groups in total. The van der Waals surface area contributed by atoms with Crippen molar-refractivity contribution in [3.05, 3.63) is 60.2 Å². The fourth-order valence-corrected chi connectivity index (χ4v) is 2.41. The van der Waals surface area contributed by atoms with Crippen LogP contribution in [0.3, 0.4) is 0 Å². The summed E-state index contributed by atoms with van der Waals surface area (Å²) in [4.78, 5) is 12.1. The molecule has 27 heavy (non-hydrogen) atoms. The third-order valence-electron chi connectivity index (χ3n) is 3.44. The Morgan fingerprint density at radius 3 is 2.70 bits per heavy atom. The second kappa shape index (κ2) is 10.9. The van der Waals surface area contributed by atoms with Gasteiger partial charge in [-0.3, -0.25) is 10.1 Å². The quantitative estimate of drug-likeness (QED) is 0.412. The van der Waals surface area contributed by atoms with Crippen molar-refractivity contribution in [1.29, 1.82) is 0 Å². The third kappa shape index (κ3) is 7.08. The third-order valence-corrected chi connectivity index (χ3v) is 3.64. The summed E-state index contributed by atoms with van der Waals surface area (Å²) in [6.45, 7) is 0.958. The first-order chi connectivity index (χ1) is 13.1. The zero-order valence-corrected chi connectivity index (χ0v) is 16.0. The van der Waals surface area contributed by atoms with E-state index in [0.29, 0.717) is 30.4 Å². The molecule has 0 heterocycles. The van der Waals surface area contributed by atoms with Gasteiger partial charge in [-0.25, -0.2) is 0 Å². The topological polar surface area (TPSA) is 68.8 Å². The second-order valence-corrected chi connectivity index (χ2v) is 5.80. The molecule has 0 fully saturated rings. The van der Waals surface area contributed by atoms with Crippen molar-refractivity contribution >= 4 is 35.0 Å². The molecule has 0 bridgehead atoms. The number of amides is 1. The summed E-state index contributed by atoms with van der Waals surface area (Å²) in [5.74, 6) is 1.03. The minimum absolute atomic E-state index is 0.193. The molecule has 0 atom stereocenters. The van der Waals surface area contributed by atoms with E-state index in [2.05, 4.69) is 10.6 Å². The number of thiocarbonyl (C=S) groups is 1. The number of para-hydroxylation sites is 1. The number of benzene rings is 2. The number of rotatable bonds is 8. The maximum Gasteiger partial charge on any atom is 0.250 e. The molecule has 2 aromatic rings. The van der Waals surface area contributed by atoms with Gasteiger partial charge in [-0.05, 0) is 36.5 Å². The Morgan fingerprint density at radius 2 is 1.93 bits per heavy atom. The van der Waals surface area contributed by atoms with Crippen molar-refractivity contribution in [1.82, 2.24) is 5.32 Å². The number of anilines is 1. The summed E-state index contributed by atoms with van der Waals surface area (Å²) in [7, 11) is 3.20. The van der Waals surface area contributed by atoms with Gasteiger partial charge in [0.2, 0.25) is 5.91 Å². The molecule has 0 aliphatic carbocycles. The highest BCUT2D eigenvalue weighted by atomic mass is 32.1. The molecule has 0 saturated carbocycles. The maximum absolute atomic E-state index is 12.1. The van der Waals surface area contributed by atoms with Gasteiger partial charge in [-0.2, -0.15) is 0 Å². The molecule has 0 unspecified atom stereocenters. The molecule has 0 aliphatic heterocycles. The predicted octanol–water partition coefficient (Wildman–Crippen LogP) is 3.25. The highest BCUT2D eigenvalue weighted by molar-refractivity contribution is 7.80. The van der Waals surface area contributed by atoms with Gasteiger partial charge in [0.1, 0.15) is 18.1 Å². The molecule has 0 aliphatic rings. The van der Waals surface area contributed by atoms with Crippen LogP contribution in [-0.2, 0) is 9.53 Å². The molecule has 2 rings (SSSR count). The zero-order valence-electron chi connectivity index (χ0n) is 15.2. The first kappa shape index (κ1) is 20.4. The van der Waals surface area contributed by atoms with Crippen molar-refractivity contribution in [2.24, 2.45) is 0 Å². The Morgan fingerprint density at radius 1 is 1.11 bits per heavy atom. The number of hydrogen-bond acceptors (Lipinski definition) is 5. The fourth-order valence-electron chi connectivity index (χ4n) is 2.19. The van der Waals surface area contributed by atoms with Crippen LogP contribution < -0.4 is 20.1 Å². The van der Waals surface area contributed by atoms with Gasteiger partial charge >= 0.3 is 0 Å². The summed E-state index contributed by atoms with van der Waals surface area (Å²) < 4.78 is 15.7. The summed E-state index contributed by atoms with van der Waals surface area (Å²) >= 11 is 5.18. The Hall–Kier alpha value is -2.90. The normalized spacial score (nSPS) is 10.4. The fraction of sp³-hybridized carbons (Fsp3) is 0.200. The molecule has 6 nitrogen and oxygen atoms in total. The Balaban J connectivity index is 1.88. The molecule has 1 amide bonds. The zero-order chi connectivity index (χ0) is 19.5. The summed E-state index contributed by atoms with van der Waals surface area (Å²) in [5.41, 5.74) is 1.51. The predicted molar refractivity (Wildman–Crippen MR) is 110 cm³/mol. The number of hydrogen-bond donors (Lipinski definition) is 2. The van der Waals surface area contributed by atoms with E-state index in [1.54, 1.807) is 26.4 Å². The van der Waals surface area contributed by atoms with Crippen molar-refractivity contribution < 1.29 is 19.0 Å². The number of carbonyl (C=O) groups is 1. The molecule has 7 heteroatoms. The average Bonchev–Trinajstić information content (AvgIpc) is 2.67. The van der Waals surface area contributed by atoms with Gasteiger partial charge in [0.25, 0.3) is 0 Å². The number of nitrogens with one attached hydrogen (secondary N) is 2. The molecule has 0 aromatic heterocycles. The van der Waals surface area contributed by atoms with Gasteiger partial charge in [-0.1, -0.05) is 24.3 Å². The first-order valence-corrected chi connectivity index (χ1v) is 8.68. The summed E-state index contributed by atoms with van der Waals surface area (Å²) in [6, 6.07) is 14.7. The van der Waals surface area contributed by atoms with Crippen LogP contribution in [0, 0.1) is 0 Å². The van der Waals surface area contributed by atoms with E-state index in [1.165, 1.54) is 6.08 Å². The Bertz CT molecular complexity index is 808. The summed E-state index contributed by atoms with van der Waals surface area (Å²) in [6.07, 6.45) is 3.07. The number of ether oxygens (including phenoxy) is 3. The van der Waals surface area contributed by atoms with E-state index in [9.17, 15) is 4.79 Å². The van der Waals surface area contributed by atoms with Gasteiger partial charge in [0.15, 0.2) is 5.11 Å². The Labute approximate surface area is 164 Å². The lowest BCUT2D eigenvalue weighted by atomic mass is 10.2. The van der Waals surface area contributed by atoms with Crippen LogP contribution in [0.2, 0.25) is 0 Å². The number of methoxy groups -OCH3 is 2. The lowest BCUT2D eigenvalue weighted by Gasteiger charge is -2.10. The molecule has 2 aromatic carbocycles. The van der Waals surface area contributed by atoms with E-state index in [0.717, 1.165) is 5.56 Å². The van der Waals surface area contributed by atoms with E-state index in [1.807, 2.05) is 42.5 Å². The number of carbonyl (C=O) groups excluding carboxylic acids is 1. The largest absolute Gasteiger partial charge is 0.496 e. The van der Waals surface area contributed by atoms with Crippen LogP contribution in [-0.4, -0.2) is 38.5 Å². The van der Waals surface area contributed by atoms with Gasteiger partial charge in [0, 0.05) is 30.5 Å². The Kier molecular flexibility index (Phi) is 8.28.